The highest BCUT2D eigenvalue weighted by atomic mass is 16.5. The molecular formula is C28H23N3O5. The van der Waals surface area contributed by atoms with Gasteiger partial charge in [0.1, 0.15) is 11.5 Å². The number of benzene rings is 4. The van der Waals surface area contributed by atoms with Crippen LogP contribution in [0.15, 0.2) is 96.1 Å². The van der Waals surface area contributed by atoms with Crippen LogP contribution in [-0.4, -0.2) is 37.7 Å². The Labute approximate surface area is 207 Å². The molecule has 0 saturated heterocycles. The van der Waals surface area contributed by atoms with Gasteiger partial charge in [-0.05, 0) is 53.2 Å². The van der Waals surface area contributed by atoms with E-state index in [4.69, 9.17) is 9.47 Å². The van der Waals surface area contributed by atoms with Crippen molar-refractivity contribution in [1.29, 1.82) is 0 Å². The van der Waals surface area contributed by atoms with E-state index in [1.165, 1.54) is 13.3 Å². The van der Waals surface area contributed by atoms with E-state index in [-0.39, 0.29) is 6.54 Å². The van der Waals surface area contributed by atoms with Gasteiger partial charge >= 0.3 is 5.97 Å². The summed E-state index contributed by atoms with van der Waals surface area (Å²) >= 11 is 0. The van der Waals surface area contributed by atoms with Crippen LogP contribution in [0.3, 0.4) is 0 Å². The summed E-state index contributed by atoms with van der Waals surface area (Å²) in [4.78, 5) is 37.1. The molecule has 0 unspecified atom stereocenters. The first-order valence-electron chi connectivity index (χ1n) is 11.1. The van der Waals surface area contributed by atoms with Crippen LogP contribution in [0.4, 0.5) is 0 Å². The average molecular weight is 482 g/mol. The number of ether oxygens (including phenoxy) is 2. The summed E-state index contributed by atoms with van der Waals surface area (Å²) in [7, 11) is 1.54. The maximum atomic E-state index is 12.6. The fourth-order valence-electron chi connectivity index (χ4n) is 3.44. The van der Waals surface area contributed by atoms with Gasteiger partial charge in [-0.15, -0.1) is 0 Å². The SMILES string of the molecule is COc1ccc(C(=O)NCC(=O)N/N=C\c2c(OC(=O)c3ccccc3)ccc3ccccc23)cc1. The standard InChI is InChI=1S/C28H23N3O5/c1-35-22-14-11-20(12-15-22)27(33)29-18-26(32)31-30-17-24-23-10-6-5-7-19(23)13-16-25(24)36-28(34)21-8-3-2-4-9-21/h2-17H,18H2,1H3,(H,29,33)(H,31,32)/b30-17-. The Kier molecular flexibility index (Phi) is 7.67. The largest absolute Gasteiger partial charge is 0.497 e. The number of nitrogens with one attached hydrogen (secondary N) is 2. The quantitative estimate of drug-likeness (QED) is 0.172. The molecule has 8 nitrogen and oxygen atoms in total. The van der Waals surface area contributed by atoms with E-state index in [0.717, 1.165) is 10.8 Å². The van der Waals surface area contributed by atoms with Gasteiger partial charge in [-0.25, -0.2) is 10.2 Å². The van der Waals surface area contributed by atoms with Gasteiger partial charge in [0.05, 0.1) is 25.4 Å². The number of fused-ring (bicyclic) bond motifs is 1. The van der Waals surface area contributed by atoms with E-state index in [1.54, 1.807) is 54.6 Å². The van der Waals surface area contributed by atoms with Gasteiger partial charge < -0.3 is 14.8 Å². The lowest BCUT2D eigenvalue weighted by molar-refractivity contribution is -0.120. The van der Waals surface area contributed by atoms with Crippen LogP contribution >= 0.6 is 0 Å². The molecular weight excluding hydrogens is 458 g/mol. The molecule has 0 heterocycles. The lowest BCUT2D eigenvalue weighted by Crippen LogP contribution is -2.34. The summed E-state index contributed by atoms with van der Waals surface area (Å²) in [5, 5.41) is 8.26. The minimum atomic E-state index is -0.517. The second-order valence-electron chi connectivity index (χ2n) is 7.66. The molecule has 0 aliphatic carbocycles. The lowest BCUT2D eigenvalue weighted by Gasteiger charge is -2.10. The molecule has 0 radical (unpaired) electrons. The smallest absolute Gasteiger partial charge is 0.343 e. The fourth-order valence-corrected chi connectivity index (χ4v) is 3.44. The molecule has 4 aromatic carbocycles. The molecule has 0 saturated carbocycles. The van der Waals surface area contributed by atoms with E-state index in [1.807, 2.05) is 36.4 Å². The van der Waals surface area contributed by atoms with Crippen LogP contribution in [0.1, 0.15) is 26.3 Å². The van der Waals surface area contributed by atoms with E-state index in [2.05, 4.69) is 15.8 Å². The highest BCUT2D eigenvalue weighted by Crippen LogP contribution is 2.27. The maximum Gasteiger partial charge on any atom is 0.343 e. The van der Waals surface area contributed by atoms with Crippen molar-refractivity contribution in [2.45, 2.75) is 0 Å². The van der Waals surface area contributed by atoms with Crippen molar-refractivity contribution in [3.8, 4) is 11.5 Å². The summed E-state index contributed by atoms with van der Waals surface area (Å²) in [5.41, 5.74) is 3.72. The minimum Gasteiger partial charge on any atom is -0.497 e. The number of rotatable bonds is 8. The Morgan fingerprint density at radius 1 is 0.833 bits per heavy atom. The molecule has 2 N–H and O–H groups in total. The van der Waals surface area contributed by atoms with Gasteiger partial charge in [0.15, 0.2) is 0 Å². The van der Waals surface area contributed by atoms with E-state index in [0.29, 0.717) is 28.2 Å². The van der Waals surface area contributed by atoms with Crippen molar-refractivity contribution in [3.63, 3.8) is 0 Å². The Hall–Kier alpha value is -4.98. The number of esters is 1. The maximum absolute atomic E-state index is 12.6. The molecule has 180 valence electrons. The van der Waals surface area contributed by atoms with Gasteiger partial charge in [-0.3, -0.25) is 9.59 Å². The van der Waals surface area contributed by atoms with Crippen LogP contribution in [0.25, 0.3) is 10.8 Å². The third-order valence-corrected chi connectivity index (χ3v) is 5.29. The van der Waals surface area contributed by atoms with E-state index < -0.39 is 17.8 Å². The van der Waals surface area contributed by atoms with Gasteiger partial charge in [-0.2, -0.15) is 5.10 Å². The molecule has 0 aliphatic heterocycles. The first-order chi connectivity index (χ1) is 17.5. The third-order valence-electron chi connectivity index (χ3n) is 5.29. The van der Waals surface area contributed by atoms with E-state index in [9.17, 15) is 14.4 Å². The number of amides is 2. The first kappa shape index (κ1) is 24.2. The third kappa shape index (κ3) is 5.92. The highest BCUT2D eigenvalue weighted by Gasteiger charge is 2.13. The zero-order chi connectivity index (χ0) is 25.3. The first-order valence-corrected chi connectivity index (χ1v) is 11.1. The lowest BCUT2D eigenvalue weighted by atomic mass is 10.0. The highest BCUT2D eigenvalue weighted by molar-refractivity contribution is 6.04. The van der Waals surface area contributed by atoms with Crippen molar-refractivity contribution in [3.05, 3.63) is 108 Å². The number of carbonyl (C=O) groups is 3. The molecule has 36 heavy (non-hydrogen) atoms. The van der Waals surface area contributed by atoms with Crippen molar-refractivity contribution in [1.82, 2.24) is 10.7 Å². The fraction of sp³-hybridized carbons (Fsp3) is 0.0714. The topological polar surface area (TPSA) is 106 Å². The molecule has 2 amide bonds. The molecule has 8 heteroatoms. The van der Waals surface area contributed by atoms with Crippen molar-refractivity contribution < 1.29 is 23.9 Å². The second-order valence-corrected chi connectivity index (χ2v) is 7.66. The predicted molar refractivity (Wildman–Crippen MR) is 136 cm³/mol. The number of hydrogen-bond acceptors (Lipinski definition) is 6. The van der Waals surface area contributed by atoms with Gasteiger partial charge in [0.25, 0.3) is 11.8 Å². The summed E-state index contributed by atoms with van der Waals surface area (Å²) in [6, 6.07) is 26.2. The zero-order valence-electron chi connectivity index (χ0n) is 19.4. The number of hydrogen-bond donors (Lipinski definition) is 2. The number of carbonyl (C=O) groups excluding carboxylic acids is 3. The molecule has 0 fully saturated rings. The van der Waals surface area contributed by atoms with Crippen molar-refractivity contribution in [2.24, 2.45) is 5.10 Å². The van der Waals surface area contributed by atoms with Crippen molar-refractivity contribution >= 4 is 34.8 Å². The van der Waals surface area contributed by atoms with Gasteiger partial charge in [0, 0.05) is 11.1 Å². The van der Waals surface area contributed by atoms with Gasteiger partial charge in [0.2, 0.25) is 0 Å². The number of methoxy groups -OCH3 is 1. The van der Waals surface area contributed by atoms with Crippen LogP contribution in [-0.2, 0) is 4.79 Å². The predicted octanol–water partition coefficient (Wildman–Crippen LogP) is 3.95. The van der Waals surface area contributed by atoms with Crippen LogP contribution in [0.5, 0.6) is 11.5 Å². The normalized spacial score (nSPS) is 10.7. The Balaban J connectivity index is 1.44. The van der Waals surface area contributed by atoms with Crippen LogP contribution < -0.4 is 20.2 Å². The molecule has 0 atom stereocenters. The molecule has 0 aromatic heterocycles. The molecule has 0 aliphatic rings. The minimum absolute atomic E-state index is 0.270. The Morgan fingerprint density at radius 2 is 1.56 bits per heavy atom. The van der Waals surface area contributed by atoms with Crippen LogP contribution in [0, 0.1) is 0 Å². The molecule has 0 bridgehead atoms. The van der Waals surface area contributed by atoms with Gasteiger partial charge in [-0.1, -0.05) is 48.5 Å². The molecule has 4 aromatic rings. The number of nitrogens with zero attached hydrogens (tertiary/aromatic N) is 1. The summed E-state index contributed by atoms with van der Waals surface area (Å²) in [6.45, 7) is -0.270. The van der Waals surface area contributed by atoms with E-state index >= 15 is 0 Å². The summed E-state index contributed by atoms with van der Waals surface area (Å²) in [6.07, 6.45) is 1.42. The Bertz CT molecular complexity index is 1420. The zero-order valence-corrected chi connectivity index (χ0v) is 19.4. The monoisotopic (exact) mass is 481 g/mol. The average Bonchev–Trinajstić information content (AvgIpc) is 2.93. The van der Waals surface area contributed by atoms with Crippen molar-refractivity contribution in [2.75, 3.05) is 13.7 Å². The second kappa shape index (κ2) is 11.4. The molecule has 0 spiro atoms. The number of hydrazone groups is 1. The Morgan fingerprint density at radius 3 is 2.31 bits per heavy atom. The summed E-state index contributed by atoms with van der Waals surface area (Å²) in [5.74, 6) is -0.503. The summed E-state index contributed by atoms with van der Waals surface area (Å²) < 4.78 is 10.7. The van der Waals surface area contributed by atoms with Crippen LogP contribution in [0.2, 0.25) is 0 Å². The molecule has 4 rings (SSSR count).